The van der Waals surface area contributed by atoms with Gasteiger partial charge in [0.2, 0.25) is 0 Å². The topological polar surface area (TPSA) is 72.9 Å². The molecule has 0 fully saturated rings. The van der Waals surface area contributed by atoms with Crippen molar-refractivity contribution >= 4 is 21.7 Å². The molecule has 0 atom stereocenters. The van der Waals surface area contributed by atoms with Crippen molar-refractivity contribution in [1.29, 1.82) is 0 Å². The number of para-hydroxylation sites is 1. The zero-order chi connectivity index (χ0) is 18.4. The van der Waals surface area contributed by atoms with Crippen molar-refractivity contribution in [2.45, 2.75) is 18.7 Å². The molecule has 25 heavy (non-hydrogen) atoms. The summed E-state index contributed by atoms with van der Waals surface area (Å²) in [4.78, 5) is 12.0. The lowest BCUT2D eigenvalue weighted by atomic mass is 10.2. The largest absolute Gasteiger partial charge is 0.497 e. The molecule has 0 aliphatic heterocycles. The van der Waals surface area contributed by atoms with Gasteiger partial charge >= 0.3 is 5.97 Å². The predicted molar refractivity (Wildman–Crippen MR) is 95.3 cm³/mol. The summed E-state index contributed by atoms with van der Waals surface area (Å²) in [7, 11) is -2.43. The van der Waals surface area contributed by atoms with Crippen LogP contribution in [0.3, 0.4) is 0 Å². The molecule has 0 N–H and O–H groups in total. The number of hydrogen-bond donors (Lipinski definition) is 0. The van der Waals surface area contributed by atoms with Crippen LogP contribution >= 0.6 is 0 Å². The summed E-state index contributed by atoms with van der Waals surface area (Å²) in [6.07, 6.45) is 0. The highest BCUT2D eigenvalue weighted by Gasteiger charge is 2.28. The first-order chi connectivity index (χ1) is 11.9. The third-order valence-electron chi connectivity index (χ3n) is 3.61. The third kappa shape index (κ3) is 4.30. The number of esters is 1. The Morgan fingerprint density at radius 3 is 2.28 bits per heavy atom. The molecule has 0 saturated heterocycles. The summed E-state index contributed by atoms with van der Waals surface area (Å²) in [5.41, 5.74) is 1.18. The lowest BCUT2D eigenvalue weighted by molar-refractivity contribution is -0.141. The Kier molecular flexibility index (Phi) is 6.03. The fourth-order valence-electron chi connectivity index (χ4n) is 2.34. The van der Waals surface area contributed by atoms with E-state index < -0.39 is 22.5 Å². The summed E-state index contributed by atoms with van der Waals surface area (Å²) < 4.78 is 37.3. The third-order valence-corrected chi connectivity index (χ3v) is 5.38. The standard InChI is InChI=1S/C18H21NO5S/c1-4-24-18(20)13-19(17-8-6-5-7-14(17)2)25(21,22)16-11-9-15(23-3)10-12-16/h5-12H,4,13H2,1-3H3. The molecule has 0 spiro atoms. The molecule has 0 heterocycles. The number of anilines is 1. The van der Waals surface area contributed by atoms with Crippen molar-refractivity contribution in [2.24, 2.45) is 0 Å². The highest BCUT2D eigenvalue weighted by Crippen LogP contribution is 2.27. The molecule has 0 amide bonds. The van der Waals surface area contributed by atoms with Gasteiger partial charge in [0, 0.05) is 0 Å². The van der Waals surface area contributed by atoms with Crippen LogP contribution in [0.25, 0.3) is 0 Å². The number of carbonyl (C=O) groups is 1. The number of nitrogens with zero attached hydrogens (tertiary/aromatic N) is 1. The Hall–Kier alpha value is -2.54. The van der Waals surface area contributed by atoms with E-state index in [1.807, 2.05) is 0 Å². The molecular weight excluding hydrogens is 342 g/mol. The number of methoxy groups -OCH3 is 1. The zero-order valence-electron chi connectivity index (χ0n) is 14.4. The Bertz CT molecular complexity index is 831. The van der Waals surface area contributed by atoms with Gasteiger partial charge < -0.3 is 9.47 Å². The molecule has 7 heteroatoms. The zero-order valence-corrected chi connectivity index (χ0v) is 15.2. The van der Waals surface area contributed by atoms with Gasteiger partial charge in [-0.3, -0.25) is 9.10 Å². The van der Waals surface area contributed by atoms with E-state index >= 15 is 0 Å². The van der Waals surface area contributed by atoms with Gasteiger partial charge in [0.05, 0.1) is 24.3 Å². The average molecular weight is 363 g/mol. The van der Waals surface area contributed by atoms with E-state index in [0.717, 1.165) is 9.87 Å². The molecular formula is C18H21NO5S. The number of hydrogen-bond acceptors (Lipinski definition) is 5. The number of sulfonamides is 1. The maximum atomic E-state index is 13.1. The van der Waals surface area contributed by atoms with Crippen LogP contribution in [0.15, 0.2) is 53.4 Å². The smallest absolute Gasteiger partial charge is 0.326 e. The van der Waals surface area contributed by atoms with Gasteiger partial charge in [-0.25, -0.2) is 8.42 Å². The normalized spacial score (nSPS) is 11.0. The molecule has 2 aromatic carbocycles. The number of carbonyl (C=O) groups excluding carboxylic acids is 1. The lowest BCUT2D eigenvalue weighted by Gasteiger charge is -2.25. The van der Waals surface area contributed by atoms with E-state index in [0.29, 0.717) is 11.4 Å². The van der Waals surface area contributed by atoms with Crippen LogP contribution in [0.4, 0.5) is 5.69 Å². The van der Waals surface area contributed by atoms with E-state index in [2.05, 4.69) is 0 Å². The molecule has 0 aliphatic rings. The minimum Gasteiger partial charge on any atom is -0.497 e. The second-order valence-electron chi connectivity index (χ2n) is 5.28. The molecule has 2 aromatic rings. The maximum Gasteiger partial charge on any atom is 0.326 e. The summed E-state index contributed by atoms with van der Waals surface area (Å²) in [6, 6.07) is 13.0. The molecule has 0 radical (unpaired) electrons. The van der Waals surface area contributed by atoms with E-state index in [-0.39, 0.29) is 11.5 Å². The van der Waals surface area contributed by atoms with Gasteiger partial charge in [-0.05, 0) is 49.7 Å². The Labute approximate surface area is 148 Å². The molecule has 6 nitrogen and oxygen atoms in total. The quantitative estimate of drug-likeness (QED) is 0.707. The fourth-order valence-corrected chi connectivity index (χ4v) is 3.82. The summed E-state index contributed by atoms with van der Waals surface area (Å²) in [5.74, 6) is -0.0605. The van der Waals surface area contributed by atoms with Crippen LogP contribution in [0.2, 0.25) is 0 Å². The average Bonchev–Trinajstić information content (AvgIpc) is 2.60. The van der Waals surface area contributed by atoms with E-state index in [4.69, 9.17) is 9.47 Å². The Morgan fingerprint density at radius 1 is 1.08 bits per heavy atom. The Morgan fingerprint density at radius 2 is 1.72 bits per heavy atom. The number of aryl methyl sites for hydroxylation is 1. The van der Waals surface area contributed by atoms with Crippen LogP contribution in [0, 0.1) is 6.92 Å². The molecule has 0 unspecified atom stereocenters. The molecule has 2 rings (SSSR count). The van der Waals surface area contributed by atoms with Gasteiger partial charge in [-0.15, -0.1) is 0 Å². The van der Waals surface area contributed by atoms with Crippen molar-refractivity contribution in [1.82, 2.24) is 0 Å². The minimum absolute atomic E-state index is 0.0702. The van der Waals surface area contributed by atoms with E-state index in [9.17, 15) is 13.2 Å². The first-order valence-electron chi connectivity index (χ1n) is 7.78. The molecule has 0 saturated carbocycles. The SMILES string of the molecule is CCOC(=O)CN(c1ccccc1C)S(=O)(=O)c1ccc(OC)cc1. The Balaban J connectivity index is 2.49. The van der Waals surface area contributed by atoms with Gasteiger partial charge in [0.25, 0.3) is 10.0 Å². The molecule has 134 valence electrons. The van der Waals surface area contributed by atoms with Crippen LogP contribution < -0.4 is 9.04 Å². The monoisotopic (exact) mass is 363 g/mol. The summed E-state index contributed by atoms with van der Waals surface area (Å²) in [5, 5.41) is 0. The lowest BCUT2D eigenvalue weighted by Crippen LogP contribution is -2.37. The predicted octanol–water partition coefficient (Wildman–Crippen LogP) is 2.76. The second kappa shape index (κ2) is 8.02. The van der Waals surface area contributed by atoms with Gasteiger partial charge in [-0.2, -0.15) is 0 Å². The van der Waals surface area contributed by atoms with Crippen molar-refractivity contribution in [3.63, 3.8) is 0 Å². The van der Waals surface area contributed by atoms with Crippen molar-refractivity contribution in [3.8, 4) is 5.75 Å². The first kappa shape index (κ1) is 18.8. The molecule has 0 aromatic heterocycles. The minimum atomic E-state index is -3.94. The first-order valence-corrected chi connectivity index (χ1v) is 9.22. The maximum absolute atomic E-state index is 13.1. The summed E-state index contributed by atoms with van der Waals surface area (Å²) >= 11 is 0. The van der Waals surface area contributed by atoms with Crippen molar-refractivity contribution < 1.29 is 22.7 Å². The van der Waals surface area contributed by atoms with Crippen LogP contribution in [-0.2, 0) is 19.6 Å². The highest BCUT2D eigenvalue weighted by atomic mass is 32.2. The van der Waals surface area contributed by atoms with Crippen LogP contribution in [-0.4, -0.2) is 34.6 Å². The molecule has 0 bridgehead atoms. The number of rotatable bonds is 7. The number of ether oxygens (including phenoxy) is 2. The highest BCUT2D eigenvalue weighted by molar-refractivity contribution is 7.92. The fraction of sp³-hybridized carbons (Fsp3) is 0.278. The van der Waals surface area contributed by atoms with Crippen molar-refractivity contribution in [2.75, 3.05) is 24.6 Å². The van der Waals surface area contributed by atoms with Gasteiger partial charge in [-0.1, -0.05) is 18.2 Å². The van der Waals surface area contributed by atoms with Gasteiger partial charge in [0.1, 0.15) is 12.3 Å². The second-order valence-corrected chi connectivity index (χ2v) is 7.14. The van der Waals surface area contributed by atoms with Crippen LogP contribution in [0.5, 0.6) is 5.75 Å². The van der Waals surface area contributed by atoms with Crippen molar-refractivity contribution in [3.05, 3.63) is 54.1 Å². The van der Waals surface area contributed by atoms with Crippen LogP contribution in [0.1, 0.15) is 12.5 Å². The van der Waals surface area contributed by atoms with E-state index in [1.54, 1.807) is 50.2 Å². The number of benzene rings is 2. The molecule has 0 aliphatic carbocycles. The van der Waals surface area contributed by atoms with E-state index in [1.165, 1.54) is 19.2 Å². The van der Waals surface area contributed by atoms with Gasteiger partial charge in [0.15, 0.2) is 0 Å². The summed E-state index contributed by atoms with van der Waals surface area (Å²) in [6.45, 7) is 3.25.